The first-order chi connectivity index (χ1) is 9.19. The predicted octanol–water partition coefficient (Wildman–Crippen LogP) is 1.56. The van der Waals surface area contributed by atoms with E-state index in [4.69, 9.17) is 5.73 Å². The van der Waals surface area contributed by atoms with Crippen LogP contribution in [0.5, 0.6) is 0 Å². The lowest BCUT2D eigenvalue weighted by molar-refractivity contribution is -0.117. The molecule has 1 aromatic rings. The molecular weight excluding hydrogens is 240 g/mol. The lowest BCUT2D eigenvalue weighted by atomic mass is 10.1. The third-order valence-corrected chi connectivity index (χ3v) is 3.56. The van der Waals surface area contributed by atoms with Crippen molar-refractivity contribution in [2.75, 3.05) is 12.3 Å². The molecule has 0 saturated heterocycles. The molecule has 2 rings (SSSR count). The van der Waals surface area contributed by atoms with E-state index in [1.54, 1.807) is 6.08 Å². The first kappa shape index (κ1) is 13.6. The van der Waals surface area contributed by atoms with Gasteiger partial charge in [-0.05, 0) is 36.6 Å². The van der Waals surface area contributed by atoms with E-state index in [1.165, 1.54) is 6.08 Å². The van der Waals surface area contributed by atoms with Crippen LogP contribution >= 0.6 is 0 Å². The van der Waals surface area contributed by atoms with Gasteiger partial charge < -0.3 is 16.2 Å². The van der Waals surface area contributed by atoms with Crippen molar-refractivity contribution < 1.29 is 9.90 Å². The topological polar surface area (TPSA) is 75.4 Å². The highest BCUT2D eigenvalue weighted by molar-refractivity contribution is 5.92. The van der Waals surface area contributed by atoms with Gasteiger partial charge in [0.2, 0.25) is 5.91 Å². The molecule has 0 radical (unpaired) electrons. The molecule has 1 aliphatic rings. The second kappa shape index (κ2) is 6.38. The number of benzene rings is 1. The van der Waals surface area contributed by atoms with Gasteiger partial charge >= 0.3 is 0 Å². The highest BCUT2D eigenvalue weighted by Crippen LogP contribution is 2.24. The third kappa shape index (κ3) is 3.83. The average molecular weight is 260 g/mol. The molecule has 0 aromatic heterocycles. The molecule has 1 fully saturated rings. The largest absolute Gasteiger partial charge is 0.399 e. The van der Waals surface area contributed by atoms with Crippen molar-refractivity contribution in [3.63, 3.8) is 0 Å². The van der Waals surface area contributed by atoms with E-state index < -0.39 is 0 Å². The molecule has 1 aromatic carbocycles. The summed E-state index contributed by atoms with van der Waals surface area (Å²) >= 11 is 0. The summed E-state index contributed by atoms with van der Waals surface area (Å²) in [5.74, 6) is 0.0810. The Morgan fingerprint density at radius 2 is 2.32 bits per heavy atom. The van der Waals surface area contributed by atoms with Gasteiger partial charge in [0.1, 0.15) is 0 Å². The van der Waals surface area contributed by atoms with Gasteiger partial charge in [-0.1, -0.05) is 18.6 Å². The first-order valence-corrected chi connectivity index (χ1v) is 6.64. The van der Waals surface area contributed by atoms with Crippen LogP contribution in [0.15, 0.2) is 30.3 Å². The molecule has 1 aliphatic carbocycles. The highest BCUT2D eigenvalue weighted by Gasteiger charge is 2.27. The van der Waals surface area contributed by atoms with Crippen molar-refractivity contribution in [1.82, 2.24) is 5.32 Å². The number of nitrogens with one attached hydrogen (secondary N) is 1. The molecule has 4 heteroatoms. The fraction of sp³-hybridized carbons (Fsp3) is 0.400. The second-order valence-electron chi connectivity index (χ2n) is 4.99. The fourth-order valence-corrected chi connectivity index (χ4v) is 2.51. The van der Waals surface area contributed by atoms with Gasteiger partial charge in [0.05, 0.1) is 0 Å². The van der Waals surface area contributed by atoms with E-state index in [0.29, 0.717) is 5.69 Å². The number of carbonyl (C=O) groups is 1. The maximum Gasteiger partial charge on any atom is 0.244 e. The Labute approximate surface area is 113 Å². The zero-order chi connectivity index (χ0) is 13.7. The Balaban J connectivity index is 1.90. The minimum absolute atomic E-state index is 0.1000. The van der Waals surface area contributed by atoms with E-state index in [2.05, 4.69) is 5.32 Å². The Kier molecular flexibility index (Phi) is 4.58. The third-order valence-electron chi connectivity index (χ3n) is 3.56. The Bertz CT molecular complexity index is 471. The van der Waals surface area contributed by atoms with Crippen molar-refractivity contribution in [3.05, 3.63) is 35.9 Å². The molecule has 1 amide bonds. The van der Waals surface area contributed by atoms with Crippen LogP contribution in [-0.2, 0) is 4.79 Å². The number of rotatable bonds is 4. The molecule has 0 spiro atoms. The molecule has 2 unspecified atom stereocenters. The lowest BCUT2D eigenvalue weighted by Gasteiger charge is -2.17. The number of anilines is 1. The number of nitrogen functional groups attached to an aromatic ring is 1. The predicted molar refractivity (Wildman–Crippen MR) is 76.2 cm³/mol. The van der Waals surface area contributed by atoms with E-state index >= 15 is 0 Å². The normalized spacial score (nSPS) is 22.8. The molecular formula is C15H20N2O2. The number of aliphatic hydroxyl groups excluding tert-OH is 1. The minimum Gasteiger partial charge on any atom is -0.399 e. The van der Waals surface area contributed by atoms with E-state index in [-0.39, 0.29) is 24.5 Å². The number of amides is 1. The number of hydrogen-bond donors (Lipinski definition) is 3. The van der Waals surface area contributed by atoms with Crippen LogP contribution in [0.2, 0.25) is 0 Å². The van der Waals surface area contributed by atoms with E-state index in [1.807, 2.05) is 24.3 Å². The van der Waals surface area contributed by atoms with Crippen LogP contribution in [0.3, 0.4) is 0 Å². The summed E-state index contributed by atoms with van der Waals surface area (Å²) in [6.45, 7) is 0.143. The number of aliphatic hydroxyl groups is 1. The lowest BCUT2D eigenvalue weighted by Crippen LogP contribution is -2.37. The molecule has 102 valence electrons. The molecule has 4 nitrogen and oxygen atoms in total. The second-order valence-corrected chi connectivity index (χ2v) is 4.99. The summed E-state index contributed by atoms with van der Waals surface area (Å²) in [7, 11) is 0. The highest BCUT2D eigenvalue weighted by atomic mass is 16.3. The summed E-state index contributed by atoms with van der Waals surface area (Å²) in [4.78, 5) is 11.8. The van der Waals surface area contributed by atoms with Gasteiger partial charge in [0.25, 0.3) is 0 Å². The molecule has 0 bridgehead atoms. The Morgan fingerprint density at radius 3 is 3.05 bits per heavy atom. The van der Waals surface area contributed by atoms with Gasteiger partial charge in [0, 0.05) is 30.3 Å². The fourth-order valence-electron chi connectivity index (χ4n) is 2.51. The molecule has 1 saturated carbocycles. The summed E-state index contributed by atoms with van der Waals surface area (Å²) < 4.78 is 0. The zero-order valence-electron chi connectivity index (χ0n) is 10.9. The van der Waals surface area contributed by atoms with Crippen LogP contribution in [0.4, 0.5) is 5.69 Å². The first-order valence-electron chi connectivity index (χ1n) is 6.64. The summed E-state index contributed by atoms with van der Waals surface area (Å²) in [6, 6.07) is 7.47. The minimum atomic E-state index is -0.118. The number of carbonyl (C=O) groups excluding carboxylic acids is 1. The number of nitrogens with two attached hydrogens (primary N) is 1. The van der Waals surface area contributed by atoms with Crippen molar-refractivity contribution in [1.29, 1.82) is 0 Å². The summed E-state index contributed by atoms with van der Waals surface area (Å²) in [5, 5.41) is 12.2. The summed E-state index contributed by atoms with van der Waals surface area (Å²) in [6.07, 6.45) is 6.26. The monoisotopic (exact) mass is 260 g/mol. The van der Waals surface area contributed by atoms with Crippen molar-refractivity contribution >= 4 is 17.7 Å². The summed E-state index contributed by atoms with van der Waals surface area (Å²) in [5.41, 5.74) is 7.25. The van der Waals surface area contributed by atoms with Crippen molar-refractivity contribution in [2.45, 2.75) is 25.3 Å². The van der Waals surface area contributed by atoms with Crippen molar-refractivity contribution in [2.24, 2.45) is 5.92 Å². The molecule has 0 aliphatic heterocycles. The maximum absolute atomic E-state index is 11.8. The number of hydrogen-bond acceptors (Lipinski definition) is 3. The Hall–Kier alpha value is -1.81. The molecule has 19 heavy (non-hydrogen) atoms. The standard InChI is InChI=1S/C15H20N2O2/c16-13-5-1-3-11(9-13)7-8-15(19)17-14-6-2-4-12(14)10-18/h1,3,5,7-9,12,14,18H,2,4,6,10,16H2,(H,17,19)/b8-7+. The van der Waals surface area contributed by atoms with Crippen LogP contribution < -0.4 is 11.1 Å². The van der Waals surface area contributed by atoms with Crippen LogP contribution in [0.25, 0.3) is 6.08 Å². The van der Waals surface area contributed by atoms with Gasteiger partial charge in [-0.15, -0.1) is 0 Å². The van der Waals surface area contributed by atoms with Gasteiger partial charge in [-0.25, -0.2) is 0 Å². The van der Waals surface area contributed by atoms with Crippen LogP contribution in [0.1, 0.15) is 24.8 Å². The van der Waals surface area contributed by atoms with E-state index in [0.717, 1.165) is 24.8 Å². The molecule has 4 N–H and O–H groups in total. The van der Waals surface area contributed by atoms with Gasteiger partial charge in [-0.3, -0.25) is 4.79 Å². The smallest absolute Gasteiger partial charge is 0.244 e. The molecule has 2 atom stereocenters. The van der Waals surface area contributed by atoms with Crippen LogP contribution in [0, 0.1) is 5.92 Å². The quantitative estimate of drug-likeness (QED) is 0.568. The van der Waals surface area contributed by atoms with Crippen LogP contribution in [-0.4, -0.2) is 23.7 Å². The van der Waals surface area contributed by atoms with Crippen molar-refractivity contribution in [3.8, 4) is 0 Å². The van der Waals surface area contributed by atoms with Gasteiger partial charge in [0.15, 0.2) is 0 Å². The maximum atomic E-state index is 11.8. The van der Waals surface area contributed by atoms with Gasteiger partial charge in [-0.2, -0.15) is 0 Å². The zero-order valence-corrected chi connectivity index (χ0v) is 10.9. The Morgan fingerprint density at radius 1 is 1.47 bits per heavy atom. The SMILES string of the molecule is Nc1cccc(/C=C/C(=O)NC2CCCC2CO)c1. The van der Waals surface area contributed by atoms with E-state index in [9.17, 15) is 9.90 Å². The molecule has 0 heterocycles. The average Bonchev–Trinajstić information content (AvgIpc) is 2.84.